The van der Waals surface area contributed by atoms with Gasteiger partial charge in [0.1, 0.15) is 5.82 Å². The maximum absolute atomic E-state index is 12.6. The van der Waals surface area contributed by atoms with Crippen molar-refractivity contribution in [3.8, 4) is 5.88 Å². The highest BCUT2D eigenvalue weighted by Gasteiger charge is 2.31. The number of amides is 1. The lowest BCUT2D eigenvalue weighted by Gasteiger charge is -2.34. The summed E-state index contributed by atoms with van der Waals surface area (Å²) in [7, 11) is 1.42. The van der Waals surface area contributed by atoms with Crippen LogP contribution in [0.5, 0.6) is 5.88 Å². The number of carbonyl (C=O) groups is 1. The zero-order chi connectivity index (χ0) is 18.0. The van der Waals surface area contributed by atoms with E-state index in [0.717, 1.165) is 12.3 Å². The standard InChI is InChI=1S/C15H15F3N4O3/c1-24-13-8-11(25-20-13)14(23)22-6-4-21(5-7-22)12-3-2-10(9-19-12)15(16,17)18/h2-3,8-9H,4-7H2,1H3. The number of anilines is 1. The van der Waals surface area contributed by atoms with Gasteiger partial charge in [0.25, 0.3) is 11.8 Å². The summed E-state index contributed by atoms with van der Waals surface area (Å²) in [4.78, 5) is 19.6. The molecule has 0 radical (unpaired) electrons. The molecule has 3 heterocycles. The lowest BCUT2D eigenvalue weighted by atomic mass is 10.2. The molecule has 10 heteroatoms. The van der Waals surface area contributed by atoms with Gasteiger partial charge in [0.2, 0.25) is 5.76 Å². The van der Waals surface area contributed by atoms with Crippen LogP contribution in [0.1, 0.15) is 16.1 Å². The molecule has 2 aromatic heterocycles. The van der Waals surface area contributed by atoms with E-state index in [1.807, 2.05) is 4.90 Å². The van der Waals surface area contributed by atoms with Gasteiger partial charge in [-0.05, 0) is 17.3 Å². The molecule has 0 N–H and O–H groups in total. The zero-order valence-electron chi connectivity index (χ0n) is 13.3. The van der Waals surface area contributed by atoms with Gasteiger partial charge in [-0.3, -0.25) is 4.79 Å². The van der Waals surface area contributed by atoms with Crippen LogP contribution in [0.3, 0.4) is 0 Å². The fraction of sp³-hybridized carbons (Fsp3) is 0.400. The summed E-state index contributed by atoms with van der Waals surface area (Å²) in [6.45, 7) is 1.69. The van der Waals surface area contributed by atoms with E-state index in [0.29, 0.717) is 32.0 Å². The second-order valence-electron chi connectivity index (χ2n) is 5.42. The van der Waals surface area contributed by atoms with Crippen LogP contribution in [0.4, 0.5) is 19.0 Å². The summed E-state index contributed by atoms with van der Waals surface area (Å²) in [5, 5.41) is 3.58. The monoisotopic (exact) mass is 356 g/mol. The minimum absolute atomic E-state index is 0.0814. The van der Waals surface area contributed by atoms with E-state index in [-0.39, 0.29) is 17.5 Å². The highest BCUT2D eigenvalue weighted by molar-refractivity contribution is 5.91. The Labute approximate surface area is 141 Å². The number of nitrogens with zero attached hydrogens (tertiary/aromatic N) is 4. The van der Waals surface area contributed by atoms with Gasteiger partial charge in [-0.2, -0.15) is 13.2 Å². The molecule has 134 valence electrons. The largest absolute Gasteiger partial charge is 0.479 e. The molecular formula is C15H15F3N4O3. The topological polar surface area (TPSA) is 71.7 Å². The molecule has 7 nitrogen and oxygen atoms in total. The van der Waals surface area contributed by atoms with Crippen LogP contribution < -0.4 is 9.64 Å². The van der Waals surface area contributed by atoms with Crippen molar-refractivity contribution in [3.63, 3.8) is 0 Å². The molecule has 0 aromatic carbocycles. The van der Waals surface area contributed by atoms with Crippen LogP contribution in [0.25, 0.3) is 0 Å². The van der Waals surface area contributed by atoms with Crippen molar-refractivity contribution < 1.29 is 27.2 Å². The van der Waals surface area contributed by atoms with Gasteiger partial charge in [-0.25, -0.2) is 4.98 Å². The number of ether oxygens (including phenoxy) is 1. The van der Waals surface area contributed by atoms with E-state index in [1.165, 1.54) is 19.2 Å². The Bertz CT molecular complexity index is 737. The molecule has 0 unspecified atom stereocenters. The Morgan fingerprint density at radius 1 is 1.24 bits per heavy atom. The van der Waals surface area contributed by atoms with Crippen molar-refractivity contribution >= 4 is 11.7 Å². The maximum atomic E-state index is 12.6. The number of carbonyl (C=O) groups excluding carboxylic acids is 1. The van der Waals surface area contributed by atoms with Crippen LogP contribution in [0.2, 0.25) is 0 Å². The molecule has 0 bridgehead atoms. The molecule has 0 aliphatic carbocycles. The van der Waals surface area contributed by atoms with Crippen molar-refractivity contribution in [1.29, 1.82) is 0 Å². The third kappa shape index (κ3) is 3.67. The maximum Gasteiger partial charge on any atom is 0.417 e. The van der Waals surface area contributed by atoms with E-state index in [1.54, 1.807) is 4.90 Å². The Morgan fingerprint density at radius 3 is 2.48 bits per heavy atom. The number of aromatic nitrogens is 2. The second-order valence-corrected chi connectivity index (χ2v) is 5.42. The van der Waals surface area contributed by atoms with Gasteiger partial charge in [-0.1, -0.05) is 0 Å². The Kier molecular flexibility index (Phi) is 4.51. The molecule has 25 heavy (non-hydrogen) atoms. The minimum Gasteiger partial charge on any atom is -0.479 e. The predicted molar refractivity (Wildman–Crippen MR) is 80.4 cm³/mol. The summed E-state index contributed by atoms with van der Waals surface area (Å²) in [6.07, 6.45) is -3.59. The van der Waals surface area contributed by atoms with Crippen LogP contribution in [-0.4, -0.2) is 54.2 Å². The average molecular weight is 356 g/mol. The minimum atomic E-state index is -4.41. The van der Waals surface area contributed by atoms with Crippen LogP contribution in [0, 0.1) is 0 Å². The summed E-state index contributed by atoms with van der Waals surface area (Å²) in [5.41, 5.74) is -0.788. The second kappa shape index (κ2) is 6.61. The molecule has 1 saturated heterocycles. The summed E-state index contributed by atoms with van der Waals surface area (Å²) in [5.74, 6) is 0.436. The molecule has 1 fully saturated rings. The first kappa shape index (κ1) is 17.1. The van der Waals surface area contributed by atoms with E-state index < -0.39 is 11.7 Å². The normalized spacial score (nSPS) is 15.4. The molecule has 2 aromatic rings. The van der Waals surface area contributed by atoms with Crippen molar-refractivity contribution in [3.05, 3.63) is 35.7 Å². The van der Waals surface area contributed by atoms with Gasteiger partial charge in [0.15, 0.2) is 0 Å². The smallest absolute Gasteiger partial charge is 0.417 e. The number of rotatable bonds is 3. The molecule has 1 aliphatic rings. The average Bonchev–Trinajstić information content (AvgIpc) is 3.10. The fourth-order valence-electron chi connectivity index (χ4n) is 2.49. The Morgan fingerprint density at radius 2 is 1.96 bits per heavy atom. The molecule has 1 aliphatic heterocycles. The highest BCUT2D eigenvalue weighted by Crippen LogP contribution is 2.29. The van der Waals surface area contributed by atoms with Crippen molar-refractivity contribution in [2.45, 2.75) is 6.18 Å². The first-order valence-electron chi connectivity index (χ1n) is 7.46. The van der Waals surface area contributed by atoms with Crippen molar-refractivity contribution in [2.75, 3.05) is 38.2 Å². The van der Waals surface area contributed by atoms with E-state index >= 15 is 0 Å². The number of methoxy groups -OCH3 is 1. The quantitative estimate of drug-likeness (QED) is 0.838. The van der Waals surface area contributed by atoms with Crippen molar-refractivity contribution in [2.24, 2.45) is 0 Å². The van der Waals surface area contributed by atoms with Gasteiger partial charge >= 0.3 is 6.18 Å². The SMILES string of the molecule is COc1cc(C(=O)N2CCN(c3ccc(C(F)(F)F)cn3)CC2)on1. The molecule has 0 atom stereocenters. The van der Waals surface area contributed by atoms with Crippen LogP contribution in [-0.2, 0) is 6.18 Å². The lowest BCUT2D eigenvalue weighted by molar-refractivity contribution is -0.137. The van der Waals surface area contributed by atoms with Gasteiger partial charge in [0, 0.05) is 32.4 Å². The summed E-state index contributed by atoms with van der Waals surface area (Å²) in [6, 6.07) is 3.74. The van der Waals surface area contributed by atoms with Gasteiger partial charge in [-0.15, -0.1) is 0 Å². The van der Waals surface area contributed by atoms with Crippen LogP contribution >= 0.6 is 0 Å². The Balaban J connectivity index is 1.60. The Hall–Kier alpha value is -2.78. The number of hydrogen-bond donors (Lipinski definition) is 0. The summed E-state index contributed by atoms with van der Waals surface area (Å²) < 4.78 is 47.5. The van der Waals surface area contributed by atoms with Gasteiger partial charge < -0.3 is 19.1 Å². The number of halogens is 3. The summed E-state index contributed by atoms with van der Waals surface area (Å²) >= 11 is 0. The molecular weight excluding hydrogens is 341 g/mol. The van der Waals surface area contributed by atoms with Gasteiger partial charge in [0.05, 0.1) is 18.7 Å². The molecule has 0 saturated carbocycles. The third-order valence-corrected chi connectivity index (χ3v) is 3.87. The first-order chi connectivity index (χ1) is 11.9. The van der Waals surface area contributed by atoms with E-state index in [9.17, 15) is 18.0 Å². The van der Waals surface area contributed by atoms with Crippen LogP contribution in [0.15, 0.2) is 28.9 Å². The van der Waals surface area contributed by atoms with Crippen molar-refractivity contribution in [1.82, 2.24) is 15.0 Å². The van der Waals surface area contributed by atoms with E-state index in [4.69, 9.17) is 9.26 Å². The number of piperazine rings is 1. The predicted octanol–water partition coefficient (Wildman–Crippen LogP) is 2.06. The molecule has 3 rings (SSSR count). The van der Waals surface area contributed by atoms with E-state index in [2.05, 4.69) is 10.1 Å². The number of pyridine rings is 1. The number of alkyl halides is 3. The number of hydrogen-bond acceptors (Lipinski definition) is 6. The molecule has 1 amide bonds. The first-order valence-corrected chi connectivity index (χ1v) is 7.46. The highest BCUT2D eigenvalue weighted by atomic mass is 19.4. The third-order valence-electron chi connectivity index (χ3n) is 3.87. The zero-order valence-corrected chi connectivity index (χ0v) is 13.3. The lowest BCUT2D eigenvalue weighted by Crippen LogP contribution is -2.49. The fourth-order valence-corrected chi connectivity index (χ4v) is 2.49. The molecule has 0 spiro atoms.